The maximum Gasteiger partial charge on any atom is 0.336 e. The van der Waals surface area contributed by atoms with E-state index in [0.717, 1.165) is 6.07 Å². The normalized spacial score (nSPS) is 12.8. The molecule has 7 nitrogen and oxygen atoms in total. The fourth-order valence-electron chi connectivity index (χ4n) is 1.72. The molecule has 1 aromatic rings. The van der Waals surface area contributed by atoms with Gasteiger partial charge in [0.1, 0.15) is 0 Å². The predicted octanol–water partition coefficient (Wildman–Crippen LogP) is 0.759. The van der Waals surface area contributed by atoms with Gasteiger partial charge in [0, 0.05) is 12.1 Å². The molecule has 0 fully saturated rings. The van der Waals surface area contributed by atoms with Crippen molar-refractivity contribution in [1.82, 2.24) is 10.0 Å². The maximum absolute atomic E-state index is 12.3. The molecule has 0 aliphatic rings. The smallest absolute Gasteiger partial charge is 0.336 e. The lowest BCUT2D eigenvalue weighted by Gasteiger charge is -2.15. The van der Waals surface area contributed by atoms with Gasteiger partial charge in [0.2, 0.25) is 15.9 Å². The summed E-state index contributed by atoms with van der Waals surface area (Å²) in [7, 11) is -2.71. The molecule has 1 amide bonds. The number of likely N-dealkylation sites (N-methyl/N-ethyl adjacent to an activating group) is 1. The Hall–Kier alpha value is -1.64. The quantitative estimate of drug-likeness (QED) is 0.735. The zero-order chi connectivity index (χ0) is 16.4. The van der Waals surface area contributed by atoms with Gasteiger partial charge in [-0.3, -0.25) is 4.79 Å². The number of aromatic carboxylic acids is 1. The van der Waals surface area contributed by atoms with Crippen molar-refractivity contribution in [2.24, 2.45) is 0 Å². The number of benzene rings is 1. The maximum atomic E-state index is 12.3. The van der Waals surface area contributed by atoms with E-state index in [1.807, 2.05) is 0 Å². The summed E-state index contributed by atoms with van der Waals surface area (Å²) in [5.41, 5.74) is -0.168. The SMILES string of the molecule is CNC(=O)C(C)NS(=O)(=O)c1cc(Cl)cc(C(=O)O)c1C. The number of hydrogen-bond donors (Lipinski definition) is 3. The third-order valence-corrected chi connectivity index (χ3v) is 4.70. The van der Waals surface area contributed by atoms with Crippen molar-refractivity contribution in [3.05, 3.63) is 28.3 Å². The van der Waals surface area contributed by atoms with E-state index in [4.69, 9.17) is 16.7 Å². The van der Waals surface area contributed by atoms with Crippen LogP contribution in [0, 0.1) is 6.92 Å². The number of hydrogen-bond acceptors (Lipinski definition) is 4. The van der Waals surface area contributed by atoms with Crippen LogP contribution >= 0.6 is 11.6 Å². The number of halogens is 1. The Balaban J connectivity index is 3.32. The first-order valence-corrected chi connectivity index (χ1v) is 7.73. The summed E-state index contributed by atoms with van der Waals surface area (Å²) in [5.74, 6) is -1.80. The molecule has 1 rings (SSSR count). The number of carboxylic acid groups (broad SMARTS) is 1. The van der Waals surface area contributed by atoms with Crippen LogP contribution in [0.25, 0.3) is 0 Å². The first-order chi connectivity index (χ1) is 9.60. The second kappa shape index (κ2) is 6.42. The summed E-state index contributed by atoms with van der Waals surface area (Å²) >= 11 is 5.76. The Kier molecular flexibility index (Phi) is 5.32. The first-order valence-electron chi connectivity index (χ1n) is 5.87. The molecule has 0 radical (unpaired) electrons. The minimum absolute atomic E-state index is 0.0222. The highest BCUT2D eigenvalue weighted by Gasteiger charge is 2.25. The van der Waals surface area contributed by atoms with E-state index in [9.17, 15) is 18.0 Å². The van der Waals surface area contributed by atoms with Gasteiger partial charge >= 0.3 is 5.97 Å². The molecule has 1 atom stereocenters. The van der Waals surface area contributed by atoms with Crippen molar-refractivity contribution < 1.29 is 23.1 Å². The predicted molar refractivity (Wildman–Crippen MR) is 77.0 cm³/mol. The molecule has 1 aromatic carbocycles. The summed E-state index contributed by atoms with van der Waals surface area (Å²) in [6, 6.07) is 1.30. The van der Waals surface area contributed by atoms with E-state index in [0.29, 0.717) is 0 Å². The fourth-order valence-corrected chi connectivity index (χ4v) is 3.50. The van der Waals surface area contributed by atoms with Crippen molar-refractivity contribution in [2.75, 3.05) is 7.05 Å². The van der Waals surface area contributed by atoms with Crippen molar-refractivity contribution in [3.8, 4) is 0 Å². The van der Waals surface area contributed by atoms with Crippen LogP contribution < -0.4 is 10.0 Å². The first kappa shape index (κ1) is 17.4. The standard InChI is InChI=1S/C12H15ClN2O5S/c1-6-9(12(17)18)4-8(13)5-10(6)21(19,20)15-7(2)11(16)14-3/h4-5,7,15H,1-3H3,(H,14,16)(H,17,18). The number of amides is 1. The molecule has 0 aliphatic heterocycles. The number of carbonyl (C=O) groups excluding carboxylic acids is 1. The minimum atomic E-state index is -4.08. The van der Waals surface area contributed by atoms with Gasteiger partial charge in [0.15, 0.2) is 0 Å². The van der Waals surface area contributed by atoms with Crippen LogP contribution in [0.1, 0.15) is 22.8 Å². The lowest BCUT2D eigenvalue weighted by molar-refractivity contribution is -0.121. The number of carboxylic acids is 1. The van der Waals surface area contributed by atoms with Crippen molar-refractivity contribution in [3.63, 3.8) is 0 Å². The number of rotatable bonds is 5. The van der Waals surface area contributed by atoms with E-state index < -0.39 is 27.9 Å². The second-order valence-corrected chi connectivity index (χ2v) is 6.46. The molecule has 9 heteroatoms. The molecule has 0 aliphatic carbocycles. The zero-order valence-electron chi connectivity index (χ0n) is 11.6. The van der Waals surface area contributed by atoms with E-state index >= 15 is 0 Å². The Morgan fingerprint density at radius 2 is 1.90 bits per heavy atom. The Bertz CT molecular complexity index is 687. The molecule has 1 unspecified atom stereocenters. The fraction of sp³-hybridized carbons (Fsp3) is 0.333. The largest absolute Gasteiger partial charge is 0.478 e. The average Bonchev–Trinajstić information content (AvgIpc) is 2.38. The van der Waals surface area contributed by atoms with E-state index in [1.54, 1.807) is 0 Å². The molecule has 0 aromatic heterocycles. The summed E-state index contributed by atoms with van der Waals surface area (Å²) in [6.45, 7) is 2.73. The Labute approximate surface area is 127 Å². The second-order valence-electron chi connectivity index (χ2n) is 4.34. The lowest BCUT2D eigenvalue weighted by atomic mass is 10.1. The molecule has 0 bridgehead atoms. The van der Waals surface area contributed by atoms with E-state index in [1.165, 1.54) is 27.0 Å². The van der Waals surface area contributed by atoms with Crippen LogP contribution in [-0.4, -0.2) is 38.5 Å². The molecular formula is C12H15ClN2O5S. The number of carbonyl (C=O) groups is 2. The van der Waals surface area contributed by atoms with Crippen LogP contribution in [0.5, 0.6) is 0 Å². The summed E-state index contributed by atoms with van der Waals surface area (Å²) in [5, 5.41) is 11.3. The van der Waals surface area contributed by atoms with Gasteiger partial charge in [0.25, 0.3) is 0 Å². The average molecular weight is 335 g/mol. The van der Waals surface area contributed by atoms with Gasteiger partial charge in [-0.2, -0.15) is 4.72 Å². The van der Waals surface area contributed by atoms with Gasteiger partial charge in [-0.25, -0.2) is 13.2 Å². The highest BCUT2D eigenvalue weighted by Crippen LogP contribution is 2.24. The molecule has 21 heavy (non-hydrogen) atoms. The van der Waals surface area contributed by atoms with Crippen LogP contribution in [0.4, 0.5) is 0 Å². The van der Waals surface area contributed by atoms with Crippen LogP contribution in [0.2, 0.25) is 5.02 Å². The molecule has 0 heterocycles. The highest BCUT2D eigenvalue weighted by molar-refractivity contribution is 7.89. The summed E-state index contributed by atoms with van der Waals surface area (Å²) < 4.78 is 26.7. The van der Waals surface area contributed by atoms with Crippen molar-refractivity contribution >= 4 is 33.5 Å². The van der Waals surface area contributed by atoms with Crippen molar-refractivity contribution in [1.29, 1.82) is 0 Å². The van der Waals surface area contributed by atoms with E-state index in [-0.39, 0.29) is 21.0 Å². The molecular weight excluding hydrogens is 320 g/mol. The van der Waals surface area contributed by atoms with Gasteiger partial charge in [-0.05, 0) is 31.5 Å². The van der Waals surface area contributed by atoms with Gasteiger partial charge in [0.05, 0.1) is 16.5 Å². The zero-order valence-corrected chi connectivity index (χ0v) is 13.2. The Morgan fingerprint density at radius 3 is 2.38 bits per heavy atom. The topological polar surface area (TPSA) is 113 Å². The molecule has 0 saturated heterocycles. The third kappa shape index (κ3) is 3.93. The molecule has 0 saturated carbocycles. The highest BCUT2D eigenvalue weighted by atomic mass is 35.5. The van der Waals surface area contributed by atoms with Crippen LogP contribution in [-0.2, 0) is 14.8 Å². The molecule has 116 valence electrons. The summed E-state index contributed by atoms with van der Waals surface area (Å²) in [4.78, 5) is 22.2. The lowest BCUT2D eigenvalue weighted by Crippen LogP contribution is -2.43. The summed E-state index contributed by atoms with van der Waals surface area (Å²) in [6.07, 6.45) is 0. The Morgan fingerprint density at radius 1 is 1.33 bits per heavy atom. The minimum Gasteiger partial charge on any atom is -0.478 e. The number of sulfonamides is 1. The molecule has 0 spiro atoms. The van der Waals surface area contributed by atoms with Crippen LogP contribution in [0.3, 0.4) is 0 Å². The van der Waals surface area contributed by atoms with Crippen LogP contribution in [0.15, 0.2) is 17.0 Å². The monoisotopic (exact) mass is 334 g/mol. The molecule has 3 N–H and O–H groups in total. The van der Waals surface area contributed by atoms with Crippen molar-refractivity contribution in [2.45, 2.75) is 24.8 Å². The van der Waals surface area contributed by atoms with E-state index in [2.05, 4.69) is 10.0 Å². The number of nitrogens with one attached hydrogen (secondary N) is 2. The van der Waals surface area contributed by atoms with Gasteiger partial charge in [-0.15, -0.1) is 0 Å². The van der Waals surface area contributed by atoms with Gasteiger partial charge < -0.3 is 10.4 Å². The third-order valence-electron chi connectivity index (χ3n) is 2.82. The van der Waals surface area contributed by atoms with Gasteiger partial charge in [-0.1, -0.05) is 11.6 Å².